The maximum Gasteiger partial charge on any atom is 0.124 e. The summed E-state index contributed by atoms with van der Waals surface area (Å²) in [5.74, 6) is -0.286. The van der Waals surface area contributed by atoms with E-state index in [9.17, 15) is 4.39 Å². The molecule has 0 bridgehead atoms. The molecule has 1 aromatic carbocycles. The highest BCUT2D eigenvalue weighted by molar-refractivity contribution is 6.31. The summed E-state index contributed by atoms with van der Waals surface area (Å²) in [7, 11) is 4.31. The van der Waals surface area contributed by atoms with Crippen molar-refractivity contribution in [3.63, 3.8) is 0 Å². The normalized spacial score (nSPS) is 19.5. The first kappa shape index (κ1) is 15.7. The molecule has 1 aromatic rings. The van der Waals surface area contributed by atoms with E-state index < -0.39 is 0 Å². The molecular formula is C16H24ClFN2. The quantitative estimate of drug-likeness (QED) is 0.884. The lowest BCUT2D eigenvalue weighted by Gasteiger charge is -2.37. The number of hydrogen-bond donors (Lipinski definition) is 1. The molecule has 1 aliphatic rings. The molecule has 0 aliphatic heterocycles. The van der Waals surface area contributed by atoms with Crippen molar-refractivity contribution in [3.05, 3.63) is 34.6 Å². The Kier molecular flexibility index (Phi) is 5.05. The zero-order chi connectivity index (χ0) is 14.8. The zero-order valence-corrected chi connectivity index (χ0v) is 13.3. The second-order valence-corrected chi connectivity index (χ2v) is 6.50. The summed E-state index contributed by atoms with van der Waals surface area (Å²) in [6, 6.07) is 4.75. The van der Waals surface area contributed by atoms with E-state index in [4.69, 9.17) is 11.6 Å². The van der Waals surface area contributed by atoms with Crippen LogP contribution in [0.4, 0.5) is 4.39 Å². The Labute approximate surface area is 126 Å². The van der Waals surface area contributed by atoms with Crippen LogP contribution in [0.2, 0.25) is 5.02 Å². The van der Waals surface area contributed by atoms with E-state index in [1.54, 1.807) is 6.07 Å². The van der Waals surface area contributed by atoms with Gasteiger partial charge in [0.25, 0.3) is 0 Å². The summed E-state index contributed by atoms with van der Waals surface area (Å²) < 4.78 is 13.1. The van der Waals surface area contributed by atoms with Crippen molar-refractivity contribution >= 4 is 11.6 Å². The Morgan fingerprint density at radius 3 is 2.55 bits per heavy atom. The van der Waals surface area contributed by atoms with Gasteiger partial charge in [0.2, 0.25) is 0 Å². The fourth-order valence-corrected chi connectivity index (χ4v) is 3.45. The van der Waals surface area contributed by atoms with Gasteiger partial charge in [-0.3, -0.25) is 0 Å². The van der Waals surface area contributed by atoms with Crippen LogP contribution in [0, 0.1) is 5.82 Å². The lowest BCUT2D eigenvalue weighted by molar-refractivity contribution is 0.150. The minimum atomic E-state index is -0.286. The molecule has 4 heteroatoms. The van der Waals surface area contributed by atoms with Gasteiger partial charge in [-0.05, 0) is 51.6 Å². The predicted molar refractivity (Wildman–Crippen MR) is 82.7 cm³/mol. The molecule has 1 saturated carbocycles. The molecular weight excluding hydrogens is 275 g/mol. The number of likely N-dealkylation sites (N-methyl/N-ethyl adjacent to an activating group) is 1. The van der Waals surface area contributed by atoms with Gasteiger partial charge in [0, 0.05) is 23.1 Å². The van der Waals surface area contributed by atoms with Crippen LogP contribution in [0.15, 0.2) is 18.2 Å². The molecule has 0 saturated heterocycles. The number of hydrogen-bond acceptors (Lipinski definition) is 2. The Hall–Kier alpha value is -0.640. The Morgan fingerprint density at radius 1 is 1.35 bits per heavy atom. The van der Waals surface area contributed by atoms with Crippen molar-refractivity contribution in [2.24, 2.45) is 0 Å². The number of nitrogens with zero attached hydrogens (tertiary/aromatic N) is 1. The SMILES string of the molecule is CC(NCC1(N(C)C)CCCC1)c1ccc(F)cc1Cl. The molecule has 112 valence electrons. The van der Waals surface area contributed by atoms with Crippen molar-refractivity contribution in [3.8, 4) is 0 Å². The van der Waals surface area contributed by atoms with E-state index in [1.807, 2.05) is 0 Å². The summed E-state index contributed by atoms with van der Waals surface area (Å²) >= 11 is 6.13. The Balaban J connectivity index is 2.02. The van der Waals surface area contributed by atoms with Gasteiger partial charge < -0.3 is 10.2 Å². The first-order valence-electron chi connectivity index (χ1n) is 7.30. The topological polar surface area (TPSA) is 15.3 Å². The molecule has 1 N–H and O–H groups in total. The summed E-state index contributed by atoms with van der Waals surface area (Å²) in [6.45, 7) is 3.02. The van der Waals surface area contributed by atoms with Gasteiger partial charge in [0.05, 0.1) is 0 Å². The van der Waals surface area contributed by atoms with Crippen LogP contribution in [-0.2, 0) is 0 Å². The predicted octanol–water partition coefficient (Wildman–Crippen LogP) is 4.00. The van der Waals surface area contributed by atoms with Crippen LogP contribution < -0.4 is 5.32 Å². The average molecular weight is 299 g/mol. The smallest absolute Gasteiger partial charge is 0.124 e. The van der Waals surface area contributed by atoms with Crippen molar-refractivity contribution in [2.75, 3.05) is 20.6 Å². The van der Waals surface area contributed by atoms with Crippen LogP contribution in [-0.4, -0.2) is 31.1 Å². The van der Waals surface area contributed by atoms with E-state index in [2.05, 4.69) is 31.2 Å². The number of halogens is 2. The third kappa shape index (κ3) is 3.33. The summed E-state index contributed by atoms with van der Waals surface area (Å²) in [4.78, 5) is 2.34. The van der Waals surface area contributed by atoms with Gasteiger partial charge in [-0.25, -0.2) is 4.39 Å². The number of rotatable bonds is 5. The van der Waals surface area contributed by atoms with E-state index >= 15 is 0 Å². The highest BCUT2D eigenvalue weighted by atomic mass is 35.5. The van der Waals surface area contributed by atoms with Gasteiger partial charge in [0.1, 0.15) is 5.82 Å². The maximum atomic E-state index is 13.1. The molecule has 2 rings (SSSR count). The van der Waals surface area contributed by atoms with Gasteiger partial charge >= 0.3 is 0 Å². The van der Waals surface area contributed by atoms with E-state index in [0.717, 1.165) is 12.1 Å². The molecule has 1 fully saturated rings. The monoisotopic (exact) mass is 298 g/mol. The van der Waals surface area contributed by atoms with E-state index in [-0.39, 0.29) is 17.4 Å². The van der Waals surface area contributed by atoms with Gasteiger partial charge in [-0.15, -0.1) is 0 Å². The maximum absolute atomic E-state index is 13.1. The first-order chi connectivity index (χ1) is 9.44. The molecule has 1 unspecified atom stereocenters. The van der Waals surface area contributed by atoms with Crippen LogP contribution in [0.3, 0.4) is 0 Å². The summed E-state index contributed by atoms with van der Waals surface area (Å²) in [5.41, 5.74) is 1.21. The van der Waals surface area contributed by atoms with Crippen LogP contribution in [0.1, 0.15) is 44.2 Å². The van der Waals surface area contributed by atoms with Gasteiger partial charge in [-0.2, -0.15) is 0 Å². The third-order valence-electron chi connectivity index (χ3n) is 4.65. The average Bonchev–Trinajstić information content (AvgIpc) is 2.86. The zero-order valence-electron chi connectivity index (χ0n) is 12.5. The molecule has 0 spiro atoms. The first-order valence-corrected chi connectivity index (χ1v) is 7.68. The standard InChI is InChI=1S/C16H24ClFN2/c1-12(14-7-6-13(18)10-15(14)17)19-11-16(20(2)3)8-4-5-9-16/h6-7,10,12,19H,4-5,8-9,11H2,1-3H3. The van der Waals surface area contributed by atoms with Gasteiger partial charge in [-0.1, -0.05) is 30.5 Å². The fourth-order valence-electron chi connectivity index (χ4n) is 3.12. The molecule has 1 aliphatic carbocycles. The highest BCUT2D eigenvalue weighted by Gasteiger charge is 2.35. The van der Waals surface area contributed by atoms with Crippen LogP contribution in [0.5, 0.6) is 0 Å². The molecule has 0 heterocycles. The lowest BCUT2D eigenvalue weighted by atomic mass is 9.95. The summed E-state index contributed by atoms with van der Waals surface area (Å²) in [5, 5.41) is 4.07. The van der Waals surface area contributed by atoms with Crippen molar-refractivity contribution in [1.82, 2.24) is 10.2 Å². The van der Waals surface area contributed by atoms with Crippen LogP contribution >= 0.6 is 11.6 Å². The Bertz CT molecular complexity index is 456. The third-order valence-corrected chi connectivity index (χ3v) is 4.98. The Morgan fingerprint density at radius 2 is 2.00 bits per heavy atom. The second-order valence-electron chi connectivity index (χ2n) is 6.09. The molecule has 0 amide bonds. The highest BCUT2D eigenvalue weighted by Crippen LogP contribution is 2.34. The second kappa shape index (κ2) is 6.42. The van der Waals surface area contributed by atoms with E-state index in [0.29, 0.717) is 5.02 Å². The molecule has 1 atom stereocenters. The minimum absolute atomic E-state index is 0.125. The molecule has 20 heavy (non-hydrogen) atoms. The van der Waals surface area contributed by atoms with Gasteiger partial charge in [0.15, 0.2) is 0 Å². The van der Waals surface area contributed by atoms with Crippen molar-refractivity contribution < 1.29 is 4.39 Å². The van der Waals surface area contributed by atoms with Crippen molar-refractivity contribution in [2.45, 2.75) is 44.2 Å². The lowest BCUT2D eigenvalue weighted by Crippen LogP contribution is -2.50. The minimum Gasteiger partial charge on any atom is -0.308 e. The van der Waals surface area contributed by atoms with Crippen LogP contribution in [0.25, 0.3) is 0 Å². The molecule has 2 nitrogen and oxygen atoms in total. The number of nitrogens with one attached hydrogen (secondary N) is 1. The largest absolute Gasteiger partial charge is 0.308 e. The molecule has 0 radical (unpaired) electrons. The van der Waals surface area contributed by atoms with E-state index in [1.165, 1.54) is 37.8 Å². The van der Waals surface area contributed by atoms with Crippen molar-refractivity contribution in [1.29, 1.82) is 0 Å². The molecule has 0 aromatic heterocycles. The summed E-state index contributed by atoms with van der Waals surface area (Å²) in [6.07, 6.45) is 5.06. The number of benzene rings is 1. The fraction of sp³-hybridized carbons (Fsp3) is 0.625.